The van der Waals surface area contributed by atoms with Crippen LogP contribution in [0, 0.1) is 29.4 Å². The minimum absolute atomic E-state index is 0.0374. The molecule has 3 saturated heterocycles. The van der Waals surface area contributed by atoms with E-state index < -0.39 is 35.2 Å². The van der Waals surface area contributed by atoms with Gasteiger partial charge in [0.25, 0.3) is 0 Å². The third kappa shape index (κ3) is 4.55. The van der Waals surface area contributed by atoms with Crippen LogP contribution in [0.4, 0.5) is 19.0 Å². The summed E-state index contributed by atoms with van der Waals surface area (Å²) in [6.45, 7) is 4.07. The van der Waals surface area contributed by atoms with Crippen molar-refractivity contribution in [3.05, 3.63) is 47.7 Å². The lowest BCUT2D eigenvalue weighted by molar-refractivity contribution is -0.139. The molecule has 0 spiro atoms. The minimum atomic E-state index is -0.944. The number of aromatic nitrogens is 3. The summed E-state index contributed by atoms with van der Waals surface area (Å²) in [6, 6.07) is 5.70. The third-order valence-electron chi connectivity index (χ3n) is 10.7. The fourth-order valence-corrected chi connectivity index (χ4v) is 8.49. The number of phenolic OH excluding ortho intramolecular Hbond substituents is 1. The van der Waals surface area contributed by atoms with Crippen LogP contribution in [0.5, 0.6) is 11.8 Å². The van der Waals surface area contributed by atoms with E-state index in [4.69, 9.17) is 9.72 Å². The van der Waals surface area contributed by atoms with E-state index in [0.717, 1.165) is 19.4 Å². The maximum atomic E-state index is 16.8. The van der Waals surface area contributed by atoms with Gasteiger partial charge in [0.2, 0.25) is 0 Å². The lowest BCUT2D eigenvalue weighted by Crippen LogP contribution is -2.43. The number of carboxylic acid groups (broad SMARTS) is 1. The molecule has 2 aromatic carbocycles. The van der Waals surface area contributed by atoms with Crippen molar-refractivity contribution in [2.75, 3.05) is 37.7 Å². The molecule has 0 bridgehead atoms. The van der Waals surface area contributed by atoms with Gasteiger partial charge in [-0.3, -0.25) is 14.7 Å². The number of alkyl halides is 1. The number of fused-ring (bicyclic) bond motifs is 4. The van der Waals surface area contributed by atoms with E-state index in [-0.39, 0.29) is 47.0 Å². The Kier molecular flexibility index (Phi) is 6.79. The van der Waals surface area contributed by atoms with Gasteiger partial charge in [-0.25, -0.2) is 13.2 Å². The number of hydrogen-bond donors (Lipinski definition) is 2. The number of pyridine rings is 1. The summed E-state index contributed by atoms with van der Waals surface area (Å²) in [6.07, 6.45) is 3.60. The second-order valence-electron chi connectivity index (χ2n) is 13.3. The van der Waals surface area contributed by atoms with E-state index >= 15 is 4.39 Å². The molecule has 12 heteroatoms. The monoisotopic (exact) mass is 633 g/mol. The number of carboxylic acids is 1. The van der Waals surface area contributed by atoms with Crippen LogP contribution in [-0.4, -0.2) is 80.5 Å². The summed E-state index contributed by atoms with van der Waals surface area (Å²) in [5.74, 6) is -2.09. The second-order valence-corrected chi connectivity index (χ2v) is 13.3. The Morgan fingerprint density at radius 2 is 2.00 bits per heavy atom. The molecule has 4 aromatic rings. The number of halogens is 3. The number of aryl methyl sites for hydroxylation is 1. The first-order valence-corrected chi connectivity index (χ1v) is 16.0. The van der Waals surface area contributed by atoms with Crippen molar-refractivity contribution >= 4 is 33.5 Å². The Morgan fingerprint density at radius 1 is 1.15 bits per heavy atom. The summed E-state index contributed by atoms with van der Waals surface area (Å²) in [5, 5.41) is 21.5. The number of nitrogens with zero attached hydrogens (tertiary/aromatic N) is 5. The van der Waals surface area contributed by atoms with Crippen LogP contribution in [0.1, 0.15) is 38.2 Å². The topological polar surface area (TPSA) is 112 Å². The maximum Gasteiger partial charge on any atom is 0.319 e. The SMILES string of the molecule is CCc1c(F)ccc2cc(O)cc(-c3ncc4c(N5CC[C@@H]6[C@H](C5)[C@@H]6C(=O)O)nc(OC[C@]56CCCN5C[C@@H](F)C6)nc4c3F)c12. The Balaban J connectivity index is 1.25. The highest BCUT2D eigenvalue weighted by Crippen LogP contribution is 2.52. The largest absolute Gasteiger partial charge is 0.508 e. The van der Waals surface area contributed by atoms with Crippen LogP contribution < -0.4 is 9.64 Å². The Morgan fingerprint density at radius 3 is 2.80 bits per heavy atom. The van der Waals surface area contributed by atoms with Crippen LogP contribution >= 0.6 is 0 Å². The normalized spacial score (nSPS) is 27.3. The zero-order chi connectivity index (χ0) is 31.9. The Bertz CT molecular complexity index is 1910. The molecular weight excluding hydrogens is 599 g/mol. The lowest BCUT2D eigenvalue weighted by Gasteiger charge is -2.31. The molecule has 0 unspecified atom stereocenters. The van der Waals surface area contributed by atoms with Gasteiger partial charge in [0, 0.05) is 37.8 Å². The molecule has 1 saturated carbocycles. The fourth-order valence-electron chi connectivity index (χ4n) is 8.49. The van der Waals surface area contributed by atoms with Crippen LogP contribution in [0.3, 0.4) is 0 Å². The highest BCUT2D eigenvalue weighted by molar-refractivity contribution is 6.01. The van der Waals surface area contributed by atoms with Crippen molar-refractivity contribution in [1.82, 2.24) is 19.9 Å². The van der Waals surface area contributed by atoms with Crippen molar-refractivity contribution in [3.63, 3.8) is 0 Å². The molecule has 5 atom stereocenters. The molecule has 4 fully saturated rings. The molecule has 2 N–H and O–H groups in total. The number of hydrogen-bond acceptors (Lipinski definition) is 8. The third-order valence-corrected chi connectivity index (χ3v) is 10.7. The van der Waals surface area contributed by atoms with Crippen molar-refractivity contribution in [3.8, 4) is 23.0 Å². The molecule has 8 rings (SSSR count). The van der Waals surface area contributed by atoms with Crippen molar-refractivity contribution in [1.29, 1.82) is 0 Å². The van der Waals surface area contributed by atoms with Crippen molar-refractivity contribution < 1.29 is 32.9 Å². The van der Waals surface area contributed by atoms with E-state index in [0.29, 0.717) is 66.4 Å². The summed E-state index contributed by atoms with van der Waals surface area (Å²) in [7, 11) is 0. The van der Waals surface area contributed by atoms with E-state index in [1.807, 2.05) is 4.90 Å². The Labute approximate surface area is 263 Å². The van der Waals surface area contributed by atoms with Crippen molar-refractivity contribution in [2.24, 2.45) is 17.8 Å². The van der Waals surface area contributed by atoms with E-state index in [1.54, 1.807) is 13.0 Å². The smallest absolute Gasteiger partial charge is 0.319 e. The fraction of sp³-hybridized carbons (Fsp3) is 0.471. The average Bonchev–Trinajstić information content (AvgIpc) is 3.51. The maximum absolute atomic E-state index is 16.8. The standard InChI is InChI=1S/C34H34F3N5O4/c1-2-20-25(36)5-4-17-10-19(43)11-22(26(17)20)29-28(37)30-23(13-38-29)31(41-9-6-21-24(15-41)27(21)32(44)45)40-33(39-30)46-16-34-7-3-8-42(34)14-18(35)12-34/h4-5,10-11,13,18,21,24,27,43H,2-3,6-9,12,14-16H2,1H3,(H,44,45)/t18-,21+,24-,27+,34+/m0/s1. The number of ether oxygens (including phenoxy) is 1. The van der Waals surface area contributed by atoms with Crippen LogP contribution in [0.25, 0.3) is 32.9 Å². The number of benzene rings is 2. The molecular formula is C34H34F3N5O4. The lowest BCUT2D eigenvalue weighted by atomic mass is 9.94. The number of rotatable bonds is 7. The van der Waals surface area contributed by atoms with E-state index in [9.17, 15) is 23.8 Å². The molecule has 9 nitrogen and oxygen atoms in total. The van der Waals surface area contributed by atoms with Gasteiger partial charge in [0.1, 0.15) is 41.4 Å². The molecule has 1 aliphatic carbocycles. The number of phenols is 1. The molecule has 3 aliphatic heterocycles. The quantitative estimate of drug-likeness (QED) is 0.272. The van der Waals surface area contributed by atoms with Gasteiger partial charge >= 0.3 is 12.0 Å². The van der Waals surface area contributed by atoms with Gasteiger partial charge in [0.05, 0.1) is 16.8 Å². The molecule has 240 valence electrons. The van der Waals surface area contributed by atoms with Crippen LogP contribution in [0.2, 0.25) is 0 Å². The highest BCUT2D eigenvalue weighted by Gasteiger charge is 2.57. The zero-order valence-corrected chi connectivity index (χ0v) is 25.3. The molecule has 46 heavy (non-hydrogen) atoms. The minimum Gasteiger partial charge on any atom is -0.508 e. The summed E-state index contributed by atoms with van der Waals surface area (Å²) in [5.41, 5.74) is -0.0179. The van der Waals surface area contributed by atoms with Gasteiger partial charge in [-0.05, 0) is 78.6 Å². The van der Waals surface area contributed by atoms with E-state index in [1.165, 1.54) is 24.4 Å². The molecule has 0 radical (unpaired) electrons. The first-order chi connectivity index (χ1) is 22.2. The summed E-state index contributed by atoms with van der Waals surface area (Å²) in [4.78, 5) is 29.6. The second kappa shape index (κ2) is 10.7. The van der Waals surface area contributed by atoms with Crippen LogP contribution in [-0.2, 0) is 11.2 Å². The van der Waals surface area contributed by atoms with Crippen LogP contribution in [0.15, 0.2) is 30.5 Å². The number of anilines is 1. The zero-order valence-electron chi connectivity index (χ0n) is 25.3. The predicted molar refractivity (Wildman–Crippen MR) is 165 cm³/mol. The van der Waals surface area contributed by atoms with Gasteiger partial charge in [-0.2, -0.15) is 9.97 Å². The average molecular weight is 634 g/mol. The Hall–Kier alpha value is -4.19. The summed E-state index contributed by atoms with van der Waals surface area (Å²) >= 11 is 0. The number of aliphatic carboxylic acids is 1. The number of piperidine rings is 1. The highest BCUT2D eigenvalue weighted by atomic mass is 19.1. The summed E-state index contributed by atoms with van der Waals surface area (Å²) < 4.78 is 52.4. The van der Waals surface area contributed by atoms with Gasteiger partial charge < -0.3 is 19.8 Å². The predicted octanol–water partition coefficient (Wildman–Crippen LogP) is 5.50. The van der Waals surface area contributed by atoms with Gasteiger partial charge in [-0.1, -0.05) is 13.0 Å². The number of carbonyl (C=O) groups is 1. The van der Waals surface area contributed by atoms with Gasteiger partial charge in [-0.15, -0.1) is 0 Å². The van der Waals surface area contributed by atoms with Crippen molar-refractivity contribution in [2.45, 2.75) is 50.7 Å². The molecule has 4 aliphatic rings. The van der Waals surface area contributed by atoms with Gasteiger partial charge in [0.15, 0.2) is 5.82 Å². The molecule has 5 heterocycles. The van der Waals surface area contributed by atoms with E-state index in [2.05, 4.69) is 14.9 Å². The number of aromatic hydroxyl groups is 1. The first-order valence-electron chi connectivity index (χ1n) is 16.0. The molecule has 2 aromatic heterocycles. The molecule has 0 amide bonds. The first kappa shape index (κ1) is 29.2.